The molecule has 0 saturated carbocycles. The summed E-state index contributed by atoms with van der Waals surface area (Å²) in [6.07, 6.45) is 1.28. The minimum absolute atomic E-state index is 0.0647. The van der Waals surface area contributed by atoms with E-state index in [1.807, 2.05) is 0 Å². The SMILES string of the molecule is COCC(N)CCCS(=O)(=O)C(C)(C)C. The number of methoxy groups -OCH3 is 1. The van der Waals surface area contributed by atoms with Crippen molar-refractivity contribution in [3.8, 4) is 0 Å². The molecule has 0 aliphatic heterocycles. The zero-order valence-electron chi connectivity index (χ0n) is 10.1. The summed E-state index contributed by atoms with van der Waals surface area (Å²) >= 11 is 0. The van der Waals surface area contributed by atoms with Crippen molar-refractivity contribution in [1.82, 2.24) is 0 Å². The third-order valence-corrected chi connectivity index (χ3v) is 4.99. The third-order valence-electron chi connectivity index (χ3n) is 2.30. The van der Waals surface area contributed by atoms with Gasteiger partial charge >= 0.3 is 0 Å². The van der Waals surface area contributed by atoms with Gasteiger partial charge in [-0.1, -0.05) is 0 Å². The molecule has 2 N–H and O–H groups in total. The van der Waals surface area contributed by atoms with E-state index in [4.69, 9.17) is 10.5 Å². The van der Waals surface area contributed by atoms with Crippen LogP contribution in [0.15, 0.2) is 0 Å². The molecule has 5 heteroatoms. The van der Waals surface area contributed by atoms with E-state index in [-0.39, 0.29) is 11.8 Å². The van der Waals surface area contributed by atoms with Gasteiger partial charge in [-0.15, -0.1) is 0 Å². The Labute approximate surface area is 93.1 Å². The van der Waals surface area contributed by atoms with Crippen LogP contribution in [0.2, 0.25) is 0 Å². The molecule has 0 aliphatic carbocycles. The second-order valence-corrected chi connectivity index (χ2v) is 7.65. The van der Waals surface area contributed by atoms with Gasteiger partial charge in [-0.2, -0.15) is 0 Å². The van der Waals surface area contributed by atoms with Crippen molar-refractivity contribution >= 4 is 9.84 Å². The van der Waals surface area contributed by atoms with Gasteiger partial charge in [0.05, 0.1) is 17.1 Å². The monoisotopic (exact) mass is 237 g/mol. The van der Waals surface area contributed by atoms with Crippen molar-refractivity contribution in [2.24, 2.45) is 5.73 Å². The molecule has 0 radical (unpaired) electrons. The van der Waals surface area contributed by atoms with Crippen molar-refractivity contribution < 1.29 is 13.2 Å². The van der Waals surface area contributed by atoms with E-state index < -0.39 is 14.6 Å². The fourth-order valence-corrected chi connectivity index (χ4v) is 2.30. The van der Waals surface area contributed by atoms with Gasteiger partial charge in [0.1, 0.15) is 0 Å². The highest BCUT2D eigenvalue weighted by molar-refractivity contribution is 7.92. The summed E-state index contributed by atoms with van der Waals surface area (Å²) in [6, 6.07) is -0.0647. The molecule has 0 fully saturated rings. The predicted octanol–water partition coefficient (Wildman–Crippen LogP) is 0.954. The first-order valence-electron chi connectivity index (χ1n) is 5.17. The molecule has 0 bridgehead atoms. The first-order chi connectivity index (χ1) is 6.70. The van der Waals surface area contributed by atoms with Gasteiger partial charge in [-0.25, -0.2) is 8.42 Å². The summed E-state index contributed by atoms with van der Waals surface area (Å²) in [4.78, 5) is 0. The average Bonchev–Trinajstić information content (AvgIpc) is 2.01. The van der Waals surface area contributed by atoms with Gasteiger partial charge < -0.3 is 10.5 Å². The van der Waals surface area contributed by atoms with Crippen LogP contribution in [0.25, 0.3) is 0 Å². The van der Waals surface area contributed by atoms with Crippen molar-refractivity contribution in [1.29, 1.82) is 0 Å². The summed E-state index contributed by atoms with van der Waals surface area (Å²) in [6.45, 7) is 5.64. The lowest BCUT2D eigenvalue weighted by Gasteiger charge is -2.19. The number of hydrogen-bond acceptors (Lipinski definition) is 4. The van der Waals surface area contributed by atoms with E-state index in [9.17, 15) is 8.42 Å². The highest BCUT2D eigenvalue weighted by atomic mass is 32.2. The predicted molar refractivity (Wildman–Crippen MR) is 62.6 cm³/mol. The topological polar surface area (TPSA) is 69.4 Å². The third kappa shape index (κ3) is 5.49. The maximum absolute atomic E-state index is 11.7. The fourth-order valence-electron chi connectivity index (χ4n) is 1.14. The quantitative estimate of drug-likeness (QED) is 0.747. The number of rotatable bonds is 6. The molecule has 0 aromatic carbocycles. The van der Waals surface area contributed by atoms with Gasteiger partial charge in [0, 0.05) is 13.2 Å². The Hall–Kier alpha value is -0.130. The van der Waals surface area contributed by atoms with Gasteiger partial charge in [-0.3, -0.25) is 0 Å². The van der Waals surface area contributed by atoms with E-state index in [0.29, 0.717) is 19.4 Å². The van der Waals surface area contributed by atoms with Crippen LogP contribution in [-0.2, 0) is 14.6 Å². The molecule has 0 aromatic heterocycles. The Morgan fingerprint density at radius 3 is 2.27 bits per heavy atom. The van der Waals surface area contributed by atoms with Crippen LogP contribution in [-0.4, -0.2) is 38.7 Å². The zero-order valence-corrected chi connectivity index (χ0v) is 10.9. The van der Waals surface area contributed by atoms with Crippen LogP contribution >= 0.6 is 0 Å². The molecule has 0 spiro atoms. The van der Waals surface area contributed by atoms with Gasteiger partial charge in [0.25, 0.3) is 0 Å². The Morgan fingerprint density at radius 1 is 1.33 bits per heavy atom. The molecule has 0 rings (SSSR count). The largest absolute Gasteiger partial charge is 0.383 e. The minimum atomic E-state index is -3.00. The van der Waals surface area contributed by atoms with E-state index in [1.165, 1.54) is 0 Å². The maximum Gasteiger partial charge on any atom is 0.155 e. The first kappa shape index (κ1) is 14.9. The average molecular weight is 237 g/mol. The van der Waals surface area contributed by atoms with Crippen molar-refractivity contribution in [3.63, 3.8) is 0 Å². The van der Waals surface area contributed by atoms with Crippen LogP contribution in [0, 0.1) is 0 Å². The van der Waals surface area contributed by atoms with Gasteiger partial charge in [0.15, 0.2) is 9.84 Å². The number of sulfone groups is 1. The zero-order chi connectivity index (χ0) is 12.1. The van der Waals surface area contributed by atoms with Crippen LogP contribution in [0.1, 0.15) is 33.6 Å². The molecule has 0 aliphatic rings. The summed E-state index contributed by atoms with van der Waals surface area (Å²) in [5.74, 6) is 0.202. The normalized spacial score (nSPS) is 15.3. The van der Waals surface area contributed by atoms with Gasteiger partial charge in [0.2, 0.25) is 0 Å². The van der Waals surface area contributed by atoms with E-state index >= 15 is 0 Å². The highest BCUT2D eigenvalue weighted by Gasteiger charge is 2.28. The smallest absolute Gasteiger partial charge is 0.155 e. The van der Waals surface area contributed by atoms with E-state index in [2.05, 4.69) is 0 Å². The molecule has 1 unspecified atom stereocenters. The summed E-state index contributed by atoms with van der Waals surface area (Å²) < 4.78 is 27.6. The lowest BCUT2D eigenvalue weighted by atomic mass is 10.2. The molecule has 4 nitrogen and oxygen atoms in total. The molecule has 15 heavy (non-hydrogen) atoms. The van der Waals surface area contributed by atoms with E-state index in [0.717, 1.165) is 0 Å². The summed E-state index contributed by atoms with van der Waals surface area (Å²) in [5.41, 5.74) is 5.70. The van der Waals surface area contributed by atoms with Crippen LogP contribution < -0.4 is 5.73 Å². The Morgan fingerprint density at radius 2 is 1.87 bits per heavy atom. The lowest BCUT2D eigenvalue weighted by Crippen LogP contribution is -2.32. The number of nitrogens with two attached hydrogens (primary N) is 1. The Balaban J connectivity index is 3.97. The molecular formula is C10H23NO3S. The van der Waals surface area contributed by atoms with Crippen LogP contribution in [0.4, 0.5) is 0 Å². The van der Waals surface area contributed by atoms with Crippen molar-refractivity contribution in [2.45, 2.75) is 44.4 Å². The van der Waals surface area contributed by atoms with E-state index in [1.54, 1.807) is 27.9 Å². The molecule has 1 atom stereocenters. The molecule has 0 amide bonds. The minimum Gasteiger partial charge on any atom is -0.383 e. The number of hydrogen-bond donors (Lipinski definition) is 1. The van der Waals surface area contributed by atoms with Crippen LogP contribution in [0.3, 0.4) is 0 Å². The molecule has 0 heterocycles. The second kappa shape index (κ2) is 5.82. The Kier molecular flexibility index (Phi) is 5.77. The fraction of sp³-hybridized carbons (Fsp3) is 1.00. The summed E-state index contributed by atoms with van der Waals surface area (Å²) in [5, 5.41) is 0. The van der Waals surface area contributed by atoms with Crippen LogP contribution in [0.5, 0.6) is 0 Å². The lowest BCUT2D eigenvalue weighted by molar-refractivity contribution is 0.177. The number of ether oxygens (including phenoxy) is 1. The van der Waals surface area contributed by atoms with Crippen molar-refractivity contribution in [2.75, 3.05) is 19.5 Å². The summed E-state index contributed by atoms with van der Waals surface area (Å²) in [7, 11) is -1.42. The molecule has 0 saturated heterocycles. The highest BCUT2D eigenvalue weighted by Crippen LogP contribution is 2.17. The van der Waals surface area contributed by atoms with Gasteiger partial charge in [-0.05, 0) is 33.6 Å². The Bertz CT molecular complexity index is 267. The first-order valence-corrected chi connectivity index (χ1v) is 6.83. The molecular weight excluding hydrogens is 214 g/mol. The maximum atomic E-state index is 11.7. The standard InChI is InChI=1S/C10H23NO3S/c1-10(2,3)15(12,13)7-5-6-9(11)8-14-4/h9H,5-8,11H2,1-4H3. The second-order valence-electron chi connectivity index (χ2n) is 4.79. The molecule has 0 aromatic rings. The molecule has 92 valence electrons. The van der Waals surface area contributed by atoms with Crippen molar-refractivity contribution in [3.05, 3.63) is 0 Å².